The van der Waals surface area contributed by atoms with E-state index < -0.39 is 21.7 Å². The SMILES string of the molecule is O=C(Nc1ccc(S(=O)(=O)N2CCN(C(c3ccccc3)c3ccccc3)CC2)cc1F)c1ccccc1Cl. The highest BCUT2D eigenvalue weighted by molar-refractivity contribution is 7.89. The number of benzene rings is 4. The number of carbonyl (C=O) groups excluding carboxylic acids is 1. The van der Waals surface area contributed by atoms with Crippen LogP contribution in [0.15, 0.2) is 108 Å². The fourth-order valence-electron chi connectivity index (χ4n) is 4.83. The molecular formula is C30H27ClFN3O3S. The van der Waals surface area contributed by atoms with Crippen molar-refractivity contribution >= 4 is 33.2 Å². The van der Waals surface area contributed by atoms with Gasteiger partial charge in [-0.15, -0.1) is 0 Å². The minimum atomic E-state index is -3.93. The lowest BCUT2D eigenvalue weighted by molar-refractivity contribution is 0.102. The van der Waals surface area contributed by atoms with E-state index in [4.69, 9.17) is 11.6 Å². The first-order valence-corrected chi connectivity index (χ1v) is 14.4. The minimum absolute atomic E-state index is 0.00397. The summed E-state index contributed by atoms with van der Waals surface area (Å²) in [5.41, 5.74) is 2.34. The molecule has 9 heteroatoms. The van der Waals surface area contributed by atoms with Crippen LogP contribution in [0.3, 0.4) is 0 Å². The number of carbonyl (C=O) groups is 1. The van der Waals surface area contributed by atoms with Gasteiger partial charge in [-0.1, -0.05) is 84.4 Å². The highest BCUT2D eigenvalue weighted by Gasteiger charge is 2.32. The molecule has 0 aromatic heterocycles. The number of amides is 1. The van der Waals surface area contributed by atoms with Gasteiger partial charge in [0.1, 0.15) is 5.82 Å². The quantitative estimate of drug-likeness (QED) is 0.307. The van der Waals surface area contributed by atoms with E-state index in [1.54, 1.807) is 18.2 Å². The molecule has 1 amide bonds. The van der Waals surface area contributed by atoms with Crippen LogP contribution in [0.2, 0.25) is 5.02 Å². The Morgan fingerprint density at radius 2 is 1.36 bits per heavy atom. The van der Waals surface area contributed by atoms with Crippen molar-refractivity contribution in [3.8, 4) is 0 Å². The van der Waals surface area contributed by atoms with Gasteiger partial charge in [-0.2, -0.15) is 4.31 Å². The maximum atomic E-state index is 14.9. The average Bonchev–Trinajstić information content (AvgIpc) is 2.96. The largest absolute Gasteiger partial charge is 0.319 e. The zero-order valence-corrected chi connectivity index (χ0v) is 22.6. The molecule has 0 unspecified atom stereocenters. The van der Waals surface area contributed by atoms with Gasteiger partial charge in [0.15, 0.2) is 0 Å². The van der Waals surface area contributed by atoms with Crippen molar-refractivity contribution in [1.29, 1.82) is 0 Å². The molecule has 0 bridgehead atoms. The van der Waals surface area contributed by atoms with Crippen LogP contribution in [0.1, 0.15) is 27.5 Å². The number of anilines is 1. The smallest absolute Gasteiger partial charge is 0.257 e. The van der Waals surface area contributed by atoms with Crippen molar-refractivity contribution < 1.29 is 17.6 Å². The van der Waals surface area contributed by atoms with E-state index in [1.807, 2.05) is 36.4 Å². The predicted octanol–water partition coefficient (Wildman–Crippen LogP) is 5.83. The molecule has 0 saturated carbocycles. The van der Waals surface area contributed by atoms with Crippen molar-refractivity contribution in [2.75, 3.05) is 31.5 Å². The van der Waals surface area contributed by atoms with E-state index in [1.165, 1.54) is 22.5 Å². The Kier molecular flexibility index (Phi) is 8.09. The van der Waals surface area contributed by atoms with Crippen LogP contribution >= 0.6 is 11.6 Å². The van der Waals surface area contributed by atoms with Gasteiger partial charge in [-0.25, -0.2) is 12.8 Å². The Bertz CT molecular complexity index is 1520. The number of rotatable bonds is 7. The molecule has 0 aliphatic carbocycles. The summed E-state index contributed by atoms with van der Waals surface area (Å²) in [5, 5.41) is 2.69. The minimum Gasteiger partial charge on any atom is -0.319 e. The summed E-state index contributed by atoms with van der Waals surface area (Å²) in [5.74, 6) is -1.43. The lowest BCUT2D eigenvalue weighted by Crippen LogP contribution is -2.49. The van der Waals surface area contributed by atoms with E-state index in [2.05, 4.69) is 34.5 Å². The summed E-state index contributed by atoms with van der Waals surface area (Å²) in [6.45, 7) is 1.57. The standard InChI is InChI=1S/C30H27ClFN3O3S/c31-26-14-8-7-13-25(26)30(36)33-28-16-15-24(21-27(28)32)39(37,38)35-19-17-34(18-20-35)29(22-9-3-1-4-10-22)23-11-5-2-6-12-23/h1-16,21,29H,17-20H2,(H,33,36). The number of halogens is 2. The van der Waals surface area contributed by atoms with Crippen LogP contribution in [-0.4, -0.2) is 49.7 Å². The molecule has 39 heavy (non-hydrogen) atoms. The molecular weight excluding hydrogens is 537 g/mol. The van der Waals surface area contributed by atoms with E-state index in [0.717, 1.165) is 17.2 Å². The Morgan fingerprint density at radius 3 is 1.92 bits per heavy atom. The lowest BCUT2D eigenvalue weighted by atomic mass is 9.96. The van der Waals surface area contributed by atoms with Crippen molar-refractivity contribution in [2.24, 2.45) is 0 Å². The summed E-state index contributed by atoms with van der Waals surface area (Å²) < 4.78 is 43.1. The number of piperazine rings is 1. The maximum absolute atomic E-state index is 14.9. The second kappa shape index (κ2) is 11.7. The third-order valence-corrected chi connectivity index (χ3v) is 9.04. The Balaban J connectivity index is 1.30. The van der Waals surface area contributed by atoms with Crippen LogP contribution < -0.4 is 5.32 Å². The monoisotopic (exact) mass is 563 g/mol. The topological polar surface area (TPSA) is 69.7 Å². The molecule has 0 spiro atoms. The fourth-order valence-corrected chi connectivity index (χ4v) is 6.48. The molecule has 0 radical (unpaired) electrons. The summed E-state index contributed by atoms with van der Waals surface area (Å²) >= 11 is 6.05. The molecule has 1 N–H and O–H groups in total. The molecule has 5 rings (SSSR count). The summed E-state index contributed by atoms with van der Waals surface area (Å²) in [6, 6.07) is 30.2. The van der Waals surface area contributed by atoms with Crippen molar-refractivity contribution in [3.05, 3.63) is 131 Å². The zero-order valence-electron chi connectivity index (χ0n) is 21.0. The Morgan fingerprint density at radius 1 is 0.795 bits per heavy atom. The molecule has 6 nitrogen and oxygen atoms in total. The predicted molar refractivity (Wildman–Crippen MR) is 151 cm³/mol. The molecule has 4 aromatic rings. The second-order valence-corrected chi connectivity index (χ2v) is 11.6. The lowest BCUT2D eigenvalue weighted by Gasteiger charge is -2.39. The van der Waals surface area contributed by atoms with Gasteiger partial charge >= 0.3 is 0 Å². The van der Waals surface area contributed by atoms with Crippen molar-refractivity contribution in [1.82, 2.24) is 9.21 Å². The molecule has 4 aromatic carbocycles. The molecule has 1 saturated heterocycles. The van der Waals surface area contributed by atoms with Gasteiger partial charge in [0, 0.05) is 26.2 Å². The fraction of sp³-hybridized carbons (Fsp3) is 0.167. The highest BCUT2D eigenvalue weighted by atomic mass is 35.5. The Labute approximate surface area is 232 Å². The third kappa shape index (κ3) is 5.89. The normalized spacial score (nSPS) is 14.8. The summed E-state index contributed by atoms with van der Waals surface area (Å²) in [7, 11) is -3.93. The summed E-state index contributed by atoms with van der Waals surface area (Å²) in [4.78, 5) is 14.6. The molecule has 1 aliphatic rings. The number of nitrogens with zero attached hydrogens (tertiary/aromatic N) is 2. The number of nitrogens with one attached hydrogen (secondary N) is 1. The van der Waals surface area contributed by atoms with Crippen LogP contribution in [0.4, 0.5) is 10.1 Å². The van der Waals surface area contributed by atoms with Crippen molar-refractivity contribution in [3.63, 3.8) is 0 Å². The first-order chi connectivity index (χ1) is 18.8. The zero-order chi connectivity index (χ0) is 27.4. The highest BCUT2D eigenvalue weighted by Crippen LogP contribution is 2.31. The van der Waals surface area contributed by atoms with Gasteiger partial charge in [-0.05, 0) is 41.5 Å². The maximum Gasteiger partial charge on any atom is 0.257 e. The van der Waals surface area contributed by atoms with Crippen LogP contribution in [0, 0.1) is 5.82 Å². The van der Waals surface area contributed by atoms with Crippen LogP contribution in [-0.2, 0) is 10.0 Å². The first kappa shape index (κ1) is 27.0. The van der Waals surface area contributed by atoms with E-state index in [0.29, 0.717) is 13.1 Å². The second-order valence-electron chi connectivity index (χ2n) is 9.24. The van der Waals surface area contributed by atoms with Crippen molar-refractivity contribution in [2.45, 2.75) is 10.9 Å². The Hall–Kier alpha value is -3.56. The third-order valence-electron chi connectivity index (χ3n) is 6.81. The number of sulfonamides is 1. The van der Waals surface area contributed by atoms with Crippen LogP contribution in [0.5, 0.6) is 0 Å². The molecule has 0 atom stereocenters. The average molecular weight is 564 g/mol. The van der Waals surface area contributed by atoms with Gasteiger partial charge < -0.3 is 5.32 Å². The van der Waals surface area contributed by atoms with Gasteiger partial charge in [0.25, 0.3) is 5.91 Å². The van der Waals surface area contributed by atoms with E-state index in [9.17, 15) is 17.6 Å². The van der Waals surface area contributed by atoms with E-state index in [-0.39, 0.29) is 40.3 Å². The van der Waals surface area contributed by atoms with E-state index >= 15 is 0 Å². The van der Waals surface area contributed by atoms with Gasteiger partial charge in [0.2, 0.25) is 10.0 Å². The molecule has 1 aliphatic heterocycles. The van der Waals surface area contributed by atoms with Gasteiger partial charge in [-0.3, -0.25) is 9.69 Å². The van der Waals surface area contributed by atoms with Gasteiger partial charge in [0.05, 0.1) is 27.2 Å². The molecule has 1 fully saturated rings. The first-order valence-electron chi connectivity index (χ1n) is 12.5. The molecule has 200 valence electrons. The van der Waals surface area contributed by atoms with Crippen LogP contribution in [0.25, 0.3) is 0 Å². The summed E-state index contributed by atoms with van der Waals surface area (Å²) in [6.07, 6.45) is 0. The molecule has 1 heterocycles. The number of hydrogen-bond acceptors (Lipinski definition) is 4. The number of hydrogen-bond donors (Lipinski definition) is 1.